The second-order valence-electron chi connectivity index (χ2n) is 6.86. The zero-order valence-corrected chi connectivity index (χ0v) is 16.0. The molecule has 0 aliphatic carbocycles. The minimum absolute atomic E-state index is 0.0531. The fourth-order valence-electron chi connectivity index (χ4n) is 2.89. The van der Waals surface area contributed by atoms with Crippen molar-refractivity contribution < 1.29 is 18.7 Å². The topological polar surface area (TPSA) is 68.5 Å². The number of benzene rings is 2. The lowest BCUT2D eigenvalue weighted by atomic mass is 10.0. The van der Waals surface area contributed by atoms with E-state index in [1.165, 1.54) is 0 Å². The van der Waals surface area contributed by atoms with Crippen LogP contribution in [0.5, 0.6) is 0 Å². The quantitative estimate of drug-likeness (QED) is 0.677. The van der Waals surface area contributed by atoms with Gasteiger partial charge in [-0.05, 0) is 68.7 Å². The zero-order chi connectivity index (χ0) is 19.6. The molecule has 1 atom stereocenters. The van der Waals surface area contributed by atoms with Gasteiger partial charge in [0.25, 0.3) is 5.91 Å². The van der Waals surface area contributed by atoms with Gasteiger partial charge in [0, 0.05) is 16.6 Å². The van der Waals surface area contributed by atoms with E-state index in [0.29, 0.717) is 5.69 Å². The third-order valence-corrected chi connectivity index (χ3v) is 4.57. The fourth-order valence-corrected chi connectivity index (χ4v) is 2.89. The molecule has 3 aromatic rings. The Hall–Kier alpha value is -3.08. The summed E-state index contributed by atoms with van der Waals surface area (Å²) in [6, 6.07) is 11.4. The summed E-state index contributed by atoms with van der Waals surface area (Å²) in [5, 5.41) is 3.65. The number of carbonyl (C=O) groups excluding carboxylic acids is 2. The van der Waals surface area contributed by atoms with Crippen LogP contribution in [0.3, 0.4) is 0 Å². The number of amides is 1. The number of rotatable bonds is 5. The van der Waals surface area contributed by atoms with Crippen LogP contribution in [0.1, 0.15) is 29.2 Å². The highest BCUT2D eigenvalue weighted by atomic mass is 16.5. The third-order valence-electron chi connectivity index (χ3n) is 4.57. The lowest BCUT2D eigenvalue weighted by molar-refractivity contribution is -0.152. The van der Waals surface area contributed by atoms with Crippen molar-refractivity contribution in [2.75, 3.05) is 5.32 Å². The van der Waals surface area contributed by atoms with Crippen molar-refractivity contribution >= 4 is 28.5 Å². The summed E-state index contributed by atoms with van der Waals surface area (Å²) < 4.78 is 10.8. The van der Waals surface area contributed by atoms with Crippen LogP contribution in [0.25, 0.3) is 11.0 Å². The van der Waals surface area contributed by atoms with E-state index in [1.807, 2.05) is 51.1 Å². The maximum atomic E-state index is 12.3. The van der Waals surface area contributed by atoms with Gasteiger partial charge in [-0.2, -0.15) is 0 Å². The Balaban J connectivity index is 1.63. The molecule has 1 aromatic heterocycles. The van der Waals surface area contributed by atoms with Crippen LogP contribution in [0, 0.1) is 20.8 Å². The van der Waals surface area contributed by atoms with Crippen LogP contribution in [-0.2, 0) is 20.7 Å². The Kier molecular flexibility index (Phi) is 5.31. The largest absolute Gasteiger partial charge is 0.464 e. The van der Waals surface area contributed by atoms with Crippen molar-refractivity contribution in [1.29, 1.82) is 0 Å². The smallest absolute Gasteiger partial charge is 0.311 e. The number of nitrogens with one attached hydrogen (secondary N) is 1. The van der Waals surface area contributed by atoms with Gasteiger partial charge in [0.1, 0.15) is 5.58 Å². The SMILES string of the molecule is Cc1cccc(NC(=O)[C@H](C)OC(=O)Cc2coc3cc(C)c(C)cc23)c1. The summed E-state index contributed by atoms with van der Waals surface area (Å²) in [5.74, 6) is -0.833. The van der Waals surface area contributed by atoms with Crippen molar-refractivity contribution in [2.24, 2.45) is 0 Å². The van der Waals surface area contributed by atoms with Gasteiger partial charge in [-0.1, -0.05) is 12.1 Å². The van der Waals surface area contributed by atoms with E-state index in [2.05, 4.69) is 5.32 Å². The Morgan fingerprint density at radius 1 is 1.11 bits per heavy atom. The van der Waals surface area contributed by atoms with E-state index in [-0.39, 0.29) is 12.3 Å². The van der Waals surface area contributed by atoms with Crippen LogP contribution in [-0.4, -0.2) is 18.0 Å². The minimum atomic E-state index is -0.889. The number of carbonyl (C=O) groups is 2. The third kappa shape index (κ3) is 4.37. The standard InChI is InChI=1S/C22H23NO4/c1-13-6-5-7-18(8-13)23-22(25)16(4)27-21(24)11-17-12-26-20-10-15(3)14(2)9-19(17)20/h5-10,12,16H,11H2,1-4H3,(H,23,25)/t16-/m0/s1. The predicted molar refractivity (Wildman–Crippen MR) is 105 cm³/mol. The average molecular weight is 365 g/mol. The summed E-state index contributed by atoms with van der Waals surface area (Å²) in [6.45, 7) is 7.53. The summed E-state index contributed by atoms with van der Waals surface area (Å²) in [7, 11) is 0. The zero-order valence-electron chi connectivity index (χ0n) is 16.0. The molecular weight excluding hydrogens is 342 g/mol. The molecule has 1 amide bonds. The van der Waals surface area contributed by atoms with Crippen molar-refractivity contribution in [3.05, 3.63) is 64.9 Å². The van der Waals surface area contributed by atoms with Crippen LogP contribution in [0.4, 0.5) is 5.69 Å². The first kappa shape index (κ1) is 18.7. The summed E-state index contributed by atoms with van der Waals surface area (Å²) in [4.78, 5) is 24.5. The predicted octanol–water partition coefficient (Wildman–Crippen LogP) is 4.47. The van der Waals surface area contributed by atoms with Gasteiger partial charge in [0.2, 0.25) is 0 Å². The molecule has 5 nitrogen and oxygen atoms in total. The number of hydrogen-bond donors (Lipinski definition) is 1. The molecule has 0 bridgehead atoms. The Morgan fingerprint density at radius 3 is 2.59 bits per heavy atom. The molecule has 0 fully saturated rings. The Bertz CT molecular complexity index is 1000. The van der Waals surface area contributed by atoms with E-state index in [0.717, 1.165) is 33.2 Å². The monoisotopic (exact) mass is 365 g/mol. The highest BCUT2D eigenvalue weighted by molar-refractivity contribution is 5.95. The average Bonchev–Trinajstić information content (AvgIpc) is 2.97. The normalized spacial score (nSPS) is 12.0. The van der Waals surface area contributed by atoms with E-state index in [4.69, 9.17) is 9.15 Å². The number of furan rings is 1. The molecule has 0 unspecified atom stereocenters. The molecule has 0 spiro atoms. The molecule has 2 aromatic carbocycles. The number of hydrogen-bond acceptors (Lipinski definition) is 4. The summed E-state index contributed by atoms with van der Waals surface area (Å²) >= 11 is 0. The molecule has 140 valence electrons. The molecule has 0 aliphatic heterocycles. The second kappa shape index (κ2) is 7.66. The summed E-state index contributed by atoms with van der Waals surface area (Å²) in [6.07, 6.45) is 0.736. The van der Waals surface area contributed by atoms with Crippen molar-refractivity contribution in [2.45, 2.75) is 40.2 Å². The van der Waals surface area contributed by atoms with E-state index in [1.54, 1.807) is 19.3 Å². The number of ether oxygens (including phenoxy) is 1. The Morgan fingerprint density at radius 2 is 1.85 bits per heavy atom. The van der Waals surface area contributed by atoms with E-state index < -0.39 is 12.1 Å². The maximum absolute atomic E-state index is 12.3. The van der Waals surface area contributed by atoms with Crippen molar-refractivity contribution in [3.63, 3.8) is 0 Å². The fraction of sp³-hybridized carbons (Fsp3) is 0.273. The van der Waals surface area contributed by atoms with Crippen LogP contribution < -0.4 is 5.32 Å². The molecule has 1 N–H and O–H groups in total. The Labute approximate surface area is 158 Å². The minimum Gasteiger partial charge on any atom is -0.464 e. The first-order chi connectivity index (χ1) is 12.8. The highest BCUT2D eigenvalue weighted by Gasteiger charge is 2.20. The van der Waals surface area contributed by atoms with Gasteiger partial charge in [0.05, 0.1) is 12.7 Å². The van der Waals surface area contributed by atoms with Gasteiger partial charge in [-0.3, -0.25) is 9.59 Å². The van der Waals surface area contributed by atoms with Gasteiger partial charge < -0.3 is 14.5 Å². The van der Waals surface area contributed by atoms with Gasteiger partial charge in [-0.25, -0.2) is 0 Å². The number of fused-ring (bicyclic) bond motifs is 1. The summed E-state index contributed by atoms with van der Waals surface area (Å²) in [5.41, 5.74) is 5.47. The molecule has 5 heteroatoms. The lowest BCUT2D eigenvalue weighted by Crippen LogP contribution is -2.30. The van der Waals surface area contributed by atoms with Gasteiger partial charge >= 0.3 is 5.97 Å². The van der Waals surface area contributed by atoms with Gasteiger partial charge in [-0.15, -0.1) is 0 Å². The highest BCUT2D eigenvalue weighted by Crippen LogP contribution is 2.25. The molecule has 0 saturated heterocycles. The van der Waals surface area contributed by atoms with Gasteiger partial charge in [0.15, 0.2) is 6.10 Å². The molecule has 3 rings (SSSR count). The first-order valence-electron chi connectivity index (χ1n) is 8.88. The van der Waals surface area contributed by atoms with Crippen molar-refractivity contribution in [3.8, 4) is 0 Å². The molecule has 27 heavy (non-hydrogen) atoms. The number of aryl methyl sites for hydroxylation is 3. The maximum Gasteiger partial charge on any atom is 0.311 e. The van der Waals surface area contributed by atoms with Crippen molar-refractivity contribution in [1.82, 2.24) is 0 Å². The molecule has 0 radical (unpaired) electrons. The number of anilines is 1. The van der Waals surface area contributed by atoms with Crippen LogP contribution in [0.2, 0.25) is 0 Å². The van der Waals surface area contributed by atoms with E-state index >= 15 is 0 Å². The molecule has 0 saturated carbocycles. The molecule has 0 aliphatic rings. The number of esters is 1. The van der Waals surface area contributed by atoms with Crippen LogP contribution in [0.15, 0.2) is 47.1 Å². The molecule has 1 heterocycles. The van der Waals surface area contributed by atoms with Crippen LogP contribution >= 0.6 is 0 Å². The molecular formula is C22H23NO4. The van der Waals surface area contributed by atoms with E-state index in [9.17, 15) is 9.59 Å². The second-order valence-corrected chi connectivity index (χ2v) is 6.86. The first-order valence-corrected chi connectivity index (χ1v) is 8.88. The lowest BCUT2D eigenvalue weighted by Gasteiger charge is -2.13.